The van der Waals surface area contributed by atoms with Crippen molar-refractivity contribution in [2.24, 2.45) is 7.05 Å². The summed E-state index contributed by atoms with van der Waals surface area (Å²) in [6.45, 7) is 0. The van der Waals surface area contributed by atoms with Crippen LogP contribution in [0.5, 0.6) is 0 Å². The maximum Gasteiger partial charge on any atom is 0.0525 e. The molecule has 3 heteroatoms. The van der Waals surface area contributed by atoms with E-state index in [4.69, 9.17) is 0 Å². The van der Waals surface area contributed by atoms with E-state index in [1.807, 2.05) is 43.8 Å². The number of aryl methyl sites for hydroxylation is 1. The van der Waals surface area contributed by atoms with Gasteiger partial charge in [0.15, 0.2) is 0 Å². The highest BCUT2D eigenvalue weighted by Crippen LogP contribution is 2.04. The van der Waals surface area contributed by atoms with Crippen LogP contribution in [-0.4, -0.2) is 14.8 Å². The second-order valence-corrected chi connectivity index (χ2v) is 3.02. The van der Waals surface area contributed by atoms with Crippen molar-refractivity contribution >= 4 is 0 Å². The monoisotopic (exact) mass is 173 g/mol. The van der Waals surface area contributed by atoms with Crippen molar-refractivity contribution in [1.82, 2.24) is 14.8 Å². The molecule has 0 bridgehead atoms. The predicted octanol–water partition coefficient (Wildman–Crippen LogP) is 1.41. The van der Waals surface area contributed by atoms with Crippen molar-refractivity contribution in [3.05, 3.63) is 48.0 Å². The Bertz CT molecular complexity index is 378. The second-order valence-electron chi connectivity index (χ2n) is 3.02. The highest BCUT2D eigenvalue weighted by atomic mass is 15.2. The maximum atomic E-state index is 4.25. The van der Waals surface area contributed by atoms with Gasteiger partial charge in [-0.15, -0.1) is 0 Å². The van der Waals surface area contributed by atoms with Crippen molar-refractivity contribution in [2.75, 3.05) is 0 Å². The Balaban J connectivity index is 2.15. The molecule has 2 aromatic heterocycles. The molecular formula is C10H11N3. The van der Waals surface area contributed by atoms with E-state index in [2.05, 4.69) is 10.1 Å². The number of hydrogen-bond donors (Lipinski definition) is 0. The van der Waals surface area contributed by atoms with Gasteiger partial charge in [0.25, 0.3) is 0 Å². The van der Waals surface area contributed by atoms with E-state index in [0.29, 0.717) is 0 Å². The zero-order chi connectivity index (χ0) is 9.10. The summed E-state index contributed by atoms with van der Waals surface area (Å²) in [4.78, 5) is 4.25. The predicted molar refractivity (Wildman–Crippen MR) is 50.3 cm³/mol. The highest BCUT2D eigenvalue weighted by molar-refractivity contribution is 5.15. The second kappa shape index (κ2) is 3.39. The van der Waals surface area contributed by atoms with Crippen molar-refractivity contribution in [3.63, 3.8) is 0 Å². The molecule has 0 aliphatic rings. The maximum absolute atomic E-state index is 4.25. The summed E-state index contributed by atoms with van der Waals surface area (Å²) in [5.74, 6) is 0. The van der Waals surface area contributed by atoms with Crippen LogP contribution < -0.4 is 0 Å². The zero-order valence-electron chi connectivity index (χ0n) is 7.51. The number of aromatic nitrogens is 3. The fourth-order valence-corrected chi connectivity index (χ4v) is 1.27. The minimum Gasteiger partial charge on any atom is -0.276 e. The first-order chi connectivity index (χ1) is 6.34. The Morgan fingerprint density at radius 3 is 2.92 bits per heavy atom. The topological polar surface area (TPSA) is 30.7 Å². The molecule has 66 valence electrons. The number of rotatable bonds is 2. The van der Waals surface area contributed by atoms with Crippen molar-refractivity contribution < 1.29 is 0 Å². The van der Waals surface area contributed by atoms with Gasteiger partial charge in [-0.1, -0.05) is 6.07 Å². The highest BCUT2D eigenvalue weighted by Gasteiger charge is 1.98. The third kappa shape index (κ3) is 1.93. The zero-order valence-corrected chi connectivity index (χ0v) is 7.51. The molecule has 0 saturated carbocycles. The minimum atomic E-state index is 0.856. The lowest BCUT2D eigenvalue weighted by molar-refractivity contribution is 0.767. The summed E-state index contributed by atoms with van der Waals surface area (Å²) < 4.78 is 1.80. The molecule has 0 radical (unpaired) electrons. The number of hydrogen-bond acceptors (Lipinski definition) is 2. The molecule has 0 N–H and O–H groups in total. The van der Waals surface area contributed by atoms with E-state index in [0.717, 1.165) is 12.1 Å². The third-order valence-electron chi connectivity index (χ3n) is 1.87. The molecule has 3 nitrogen and oxygen atoms in total. The molecule has 0 spiro atoms. The molecule has 2 aromatic rings. The quantitative estimate of drug-likeness (QED) is 0.687. The van der Waals surface area contributed by atoms with Gasteiger partial charge in [0.1, 0.15) is 0 Å². The summed E-state index contributed by atoms with van der Waals surface area (Å²) in [5, 5.41) is 4.10. The van der Waals surface area contributed by atoms with E-state index in [-0.39, 0.29) is 0 Å². The van der Waals surface area contributed by atoms with Crippen LogP contribution in [-0.2, 0) is 13.5 Å². The summed E-state index contributed by atoms with van der Waals surface area (Å²) in [6, 6.07) is 5.94. The molecular weight excluding hydrogens is 162 g/mol. The van der Waals surface area contributed by atoms with Gasteiger partial charge in [-0.3, -0.25) is 9.67 Å². The van der Waals surface area contributed by atoms with Gasteiger partial charge in [0.2, 0.25) is 0 Å². The molecule has 2 heterocycles. The molecule has 13 heavy (non-hydrogen) atoms. The summed E-state index contributed by atoms with van der Waals surface area (Å²) in [6.07, 6.45) is 6.55. The third-order valence-corrected chi connectivity index (χ3v) is 1.87. The van der Waals surface area contributed by atoms with Gasteiger partial charge in [0, 0.05) is 31.6 Å². The van der Waals surface area contributed by atoms with Gasteiger partial charge in [-0.2, -0.15) is 5.10 Å². The Kier molecular flexibility index (Phi) is 2.08. The van der Waals surface area contributed by atoms with Gasteiger partial charge in [-0.05, 0) is 17.7 Å². The smallest absolute Gasteiger partial charge is 0.0525 e. The molecule has 2 rings (SSSR count). The first-order valence-electron chi connectivity index (χ1n) is 4.22. The summed E-state index contributed by atoms with van der Waals surface area (Å²) in [5.41, 5.74) is 2.27. The molecule has 0 fully saturated rings. The number of nitrogens with zero attached hydrogens (tertiary/aromatic N) is 3. The van der Waals surface area contributed by atoms with Crippen molar-refractivity contribution in [3.8, 4) is 0 Å². The molecule has 0 atom stereocenters. The lowest BCUT2D eigenvalue weighted by Crippen LogP contribution is -1.89. The average molecular weight is 173 g/mol. The van der Waals surface area contributed by atoms with Crippen LogP contribution in [0.1, 0.15) is 11.3 Å². The van der Waals surface area contributed by atoms with Crippen LogP contribution in [0, 0.1) is 0 Å². The van der Waals surface area contributed by atoms with Gasteiger partial charge in [0.05, 0.1) is 6.20 Å². The minimum absolute atomic E-state index is 0.856. The van der Waals surface area contributed by atoms with Crippen LogP contribution >= 0.6 is 0 Å². The van der Waals surface area contributed by atoms with Gasteiger partial charge in [-0.25, -0.2) is 0 Å². The Labute approximate surface area is 77.0 Å². The Morgan fingerprint density at radius 2 is 2.31 bits per heavy atom. The van der Waals surface area contributed by atoms with Crippen molar-refractivity contribution in [1.29, 1.82) is 0 Å². The normalized spacial score (nSPS) is 10.2. The Morgan fingerprint density at radius 1 is 1.38 bits per heavy atom. The first kappa shape index (κ1) is 7.98. The lowest BCUT2D eigenvalue weighted by atomic mass is 10.2. The van der Waals surface area contributed by atoms with E-state index >= 15 is 0 Å². The van der Waals surface area contributed by atoms with Crippen molar-refractivity contribution in [2.45, 2.75) is 6.42 Å². The van der Waals surface area contributed by atoms with Crippen LogP contribution in [0.2, 0.25) is 0 Å². The fourth-order valence-electron chi connectivity index (χ4n) is 1.27. The Hall–Kier alpha value is -1.64. The molecule has 0 unspecified atom stereocenters. The fraction of sp³-hybridized carbons (Fsp3) is 0.200. The molecule has 0 saturated heterocycles. The first-order valence-corrected chi connectivity index (χ1v) is 4.22. The van der Waals surface area contributed by atoms with Crippen LogP contribution in [0.25, 0.3) is 0 Å². The van der Waals surface area contributed by atoms with Crippen LogP contribution in [0.3, 0.4) is 0 Å². The van der Waals surface area contributed by atoms with E-state index < -0.39 is 0 Å². The number of pyridine rings is 1. The molecule has 0 amide bonds. The lowest BCUT2D eigenvalue weighted by Gasteiger charge is -1.95. The standard InChI is InChI=1S/C10H11N3/c1-13-8-9(7-12-13)6-10-4-2-3-5-11-10/h2-5,7-8H,6H2,1H3. The van der Waals surface area contributed by atoms with E-state index in [1.54, 1.807) is 4.68 Å². The summed E-state index contributed by atoms with van der Waals surface area (Å²) >= 11 is 0. The average Bonchev–Trinajstić information content (AvgIpc) is 2.53. The molecule has 0 aliphatic carbocycles. The molecule has 0 aromatic carbocycles. The van der Waals surface area contributed by atoms with Gasteiger partial charge < -0.3 is 0 Å². The van der Waals surface area contributed by atoms with Crippen LogP contribution in [0.4, 0.5) is 0 Å². The van der Waals surface area contributed by atoms with Crippen LogP contribution in [0.15, 0.2) is 36.8 Å². The van der Waals surface area contributed by atoms with E-state index in [1.165, 1.54) is 5.56 Å². The summed E-state index contributed by atoms with van der Waals surface area (Å²) in [7, 11) is 1.92. The van der Waals surface area contributed by atoms with Gasteiger partial charge >= 0.3 is 0 Å². The van der Waals surface area contributed by atoms with E-state index in [9.17, 15) is 0 Å². The SMILES string of the molecule is Cn1cc(Cc2ccccn2)cn1. The molecule has 0 aliphatic heterocycles. The largest absolute Gasteiger partial charge is 0.276 e.